The summed E-state index contributed by atoms with van der Waals surface area (Å²) in [7, 11) is 2.04. The topological polar surface area (TPSA) is 36.4 Å². The Labute approximate surface area is 178 Å². The van der Waals surface area contributed by atoms with E-state index in [2.05, 4.69) is 57.4 Å². The molecule has 1 amide bonds. The number of thiazole rings is 1. The SMILES string of the molecule is Cc1nc(CN2CCC(C(=O)N(C)C3CCC(c4ccccc4)CC3)CC2)cs1. The molecular formula is C24H33N3OS. The van der Waals surface area contributed by atoms with Crippen molar-refractivity contribution >= 4 is 17.2 Å². The maximum absolute atomic E-state index is 13.1. The third-order valence-electron chi connectivity index (χ3n) is 6.85. The Kier molecular flexibility index (Phi) is 6.66. The summed E-state index contributed by atoms with van der Waals surface area (Å²) < 4.78 is 0. The van der Waals surface area contributed by atoms with E-state index in [0.717, 1.165) is 50.3 Å². The lowest BCUT2D eigenvalue weighted by Crippen LogP contribution is -2.45. The molecule has 0 unspecified atom stereocenters. The van der Waals surface area contributed by atoms with Crippen molar-refractivity contribution in [1.29, 1.82) is 0 Å². The number of amides is 1. The number of benzene rings is 1. The quantitative estimate of drug-likeness (QED) is 0.706. The van der Waals surface area contributed by atoms with E-state index in [-0.39, 0.29) is 5.92 Å². The summed E-state index contributed by atoms with van der Waals surface area (Å²) in [6, 6.07) is 11.3. The van der Waals surface area contributed by atoms with Crippen LogP contribution in [0.5, 0.6) is 0 Å². The van der Waals surface area contributed by atoms with Crippen LogP contribution in [0.3, 0.4) is 0 Å². The molecule has 2 heterocycles. The van der Waals surface area contributed by atoms with Gasteiger partial charge in [-0.15, -0.1) is 11.3 Å². The Bertz CT molecular complexity index is 789. The molecule has 1 aliphatic carbocycles. The van der Waals surface area contributed by atoms with Crippen LogP contribution in [0.15, 0.2) is 35.7 Å². The minimum atomic E-state index is 0.195. The van der Waals surface area contributed by atoms with Crippen LogP contribution < -0.4 is 0 Å². The van der Waals surface area contributed by atoms with E-state index in [1.807, 2.05) is 7.05 Å². The van der Waals surface area contributed by atoms with Gasteiger partial charge in [0.15, 0.2) is 0 Å². The lowest BCUT2D eigenvalue weighted by molar-refractivity contribution is -0.138. The number of carbonyl (C=O) groups excluding carboxylic acids is 1. The summed E-state index contributed by atoms with van der Waals surface area (Å²) in [5.41, 5.74) is 2.63. The lowest BCUT2D eigenvalue weighted by atomic mass is 9.81. The van der Waals surface area contributed by atoms with Crippen LogP contribution in [0.1, 0.15) is 60.7 Å². The Hall–Kier alpha value is -1.72. The van der Waals surface area contributed by atoms with Crippen LogP contribution in [0, 0.1) is 12.8 Å². The Balaban J connectivity index is 1.24. The van der Waals surface area contributed by atoms with E-state index in [1.165, 1.54) is 24.1 Å². The van der Waals surface area contributed by atoms with Gasteiger partial charge in [0.2, 0.25) is 5.91 Å². The van der Waals surface area contributed by atoms with Crippen LogP contribution in [0.2, 0.25) is 0 Å². The third-order valence-corrected chi connectivity index (χ3v) is 7.67. The molecule has 0 spiro atoms. The molecule has 1 saturated heterocycles. The van der Waals surface area contributed by atoms with E-state index < -0.39 is 0 Å². The largest absolute Gasteiger partial charge is 0.343 e. The number of likely N-dealkylation sites (tertiary alicyclic amines) is 1. The fourth-order valence-corrected chi connectivity index (χ4v) is 5.64. The summed E-state index contributed by atoms with van der Waals surface area (Å²) in [5.74, 6) is 1.23. The highest BCUT2D eigenvalue weighted by Gasteiger charge is 2.32. The summed E-state index contributed by atoms with van der Waals surface area (Å²) in [6.45, 7) is 4.98. The number of carbonyl (C=O) groups is 1. The van der Waals surface area contributed by atoms with Gasteiger partial charge in [-0.3, -0.25) is 9.69 Å². The standard InChI is InChI=1S/C24H33N3OS/c1-18-25-22(17-29-18)16-27-14-12-21(13-15-27)24(28)26(2)23-10-8-20(9-11-23)19-6-4-3-5-7-19/h3-7,17,20-21,23H,8-16H2,1-2H3. The van der Waals surface area contributed by atoms with E-state index in [0.29, 0.717) is 17.9 Å². The highest BCUT2D eigenvalue weighted by Crippen LogP contribution is 2.35. The second-order valence-electron chi connectivity index (χ2n) is 8.77. The van der Waals surface area contributed by atoms with Crippen molar-refractivity contribution in [2.24, 2.45) is 5.92 Å². The molecular weight excluding hydrogens is 378 g/mol. The summed E-state index contributed by atoms with van der Waals surface area (Å²) in [6.07, 6.45) is 6.60. The zero-order chi connectivity index (χ0) is 20.2. The van der Waals surface area contributed by atoms with Crippen molar-refractivity contribution in [3.05, 3.63) is 52.0 Å². The van der Waals surface area contributed by atoms with Crippen molar-refractivity contribution in [1.82, 2.24) is 14.8 Å². The van der Waals surface area contributed by atoms with Crippen LogP contribution in [-0.2, 0) is 11.3 Å². The molecule has 0 radical (unpaired) electrons. The van der Waals surface area contributed by atoms with E-state index in [9.17, 15) is 4.79 Å². The first-order chi connectivity index (χ1) is 14.1. The number of aryl methyl sites for hydroxylation is 1. The van der Waals surface area contributed by atoms with E-state index in [4.69, 9.17) is 0 Å². The van der Waals surface area contributed by atoms with Crippen LogP contribution >= 0.6 is 11.3 Å². The first kappa shape index (κ1) is 20.5. The van der Waals surface area contributed by atoms with Crippen molar-refractivity contribution < 1.29 is 4.79 Å². The fraction of sp³-hybridized carbons (Fsp3) is 0.583. The molecule has 4 rings (SSSR count). The molecule has 0 bridgehead atoms. The van der Waals surface area contributed by atoms with Crippen molar-refractivity contribution in [2.75, 3.05) is 20.1 Å². The minimum absolute atomic E-state index is 0.195. The summed E-state index contributed by atoms with van der Waals surface area (Å²) >= 11 is 1.72. The highest BCUT2D eigenvalue weighted by atomic mass is 32.1. The Morgan fingerprint density at radius 1 is 1.10 bits per heavy atom. The summed E-state index contributed by atoms with van der Waals surface area (Å²) in [5, 5.41) is 3.29. The van der Waals surface area contributed by atoms with Crippen LogP contribution in [0.25, 0.3) is 0 Å². The number of hydrogen-bond acceptors (Lipinski definition) is 4. The molecule has 1 saturated carbocycles. The molecule has 4 nitrogen and oxygen atoms in total. The molecule has 0 atom stereocenters. The molecule has 1 aliphatic heterocycles. The highest BCUT2D eigenvalue weighted by molar-refractivity contribution is 7.09. The molecule has 0 N–H and O–H groups in total. The predicted molar refractivity (Wildman–Crippen MR) is 119 cm³/mol. The second-order valence-corrected chi connectivity index (χ2v) is 9.84. The first-order valence-corrected chi connectivity index (χ1v) is 11.9. The average molecular weight is 412 g/mol. The van der Waals surface area contributed by atoms with Gasteiger partial charge in [0.05, 0.1) is 10.7 Å². The Morgan fingerprint density at radius 3 is 2.41 bits per heavy atom. The number of aromatic nitrogens is 1. The van der Waals surface area contributed by atoms with Crippen LogP contribution in [0.4, 0.5) is 0 Å². The smallest absolute Gasteiger partial charge is 0.225 e. The first-order valence-electron chi connectivity index (χ1n) is 11.0. The van der Waals surface area contributed by atoms with Gasteiger partial charge >= 0.3 is 0 Å². The molecule has 2 fully saturated rings. The predicted octanol–water partition coefficient (Wildman–Crippen LogP) is 4.85. The van der Waals surface area contributed by atoms with Gasteiger partial charge in [0.25, 0.3) is 0 Å². The van der Waals surface area contributed by atoms with Gasteiger partial charge < -0.3 is 4.90 Å². The fourth-order valence-electron chi connectivity index (χ4n) is 5.04. The van der Waals surface area contributed by atoms with Crippen molar-refractivity contribution in [2.45, 2.75) is 64.0 Å². The molecule has 2 aliphatic rings. The van der Waals surface area contributed by atoms with Gasteiger partial charge in [-0.2, -0.15) is 0 Å². The minimum Gasteiger partial charge on any atom is -0.343 e. The Morgan fingerprint density at radius 2 is 1.79 bits per heavy atom. The number of piperidine rings is 1. The van der Waals surface area contributed by atoms with Gasteiger partial charge in [0.1, 0.15) is 0 Å². The molecule has 156 valence electrons. The number of hydrogen-bond donors (Lipinski definition) is 0. The van der Waals surface area contributed by atoms with Crippen molar-refractivity contribution in [3.63, 3.8) is 0 Å². The average Bonchev–Trinajstić information content (AvgIpc) is 3.18. The maximum atomic E-state index is 13.1. The molecule has 1 aromatic carbocycles. The monoisotopic (exact) mass is 411 g/mol. The van der Waals surface area contributed by atoms with E-state index in [1.54, 1.807) is 11.3 Å². The van der Waals surface area contributed by atoms with Gasteiger partial charge in [-0.1, -0.05) is 30.3 Å². The lowest BCUT2D eigenvalue weighted by Gasteiger charge is -2.38. The number of rotatable bonds is 5. The molecule has 1 aromatic heterocycles. The van der Waals surface area contributed by atoms with Crippen LogP contribution in [-0.4, -0.2) is 46.9 Å². The number of nitrogens with zero attached hydrogens (tertiary/aromatic N) is 3. The normalized spacial score (nSPS) is 23.8. The molecule has 2 aromatic rings. The zero-order valence-corrected chi connectivity index (χ0v) is 18.5. The summed E-state index contributed by atoms with van der Waals surface area (Å²) in [4.78, 5) is 22.2. The zero-order valence-electron chi connectivity index (χ0n) is 17.7. The maximum Gasteiger partial charge on any atom is 0.225 e. The van der Waals surface area contributed by atoms with E-state index >= 15 is 0 Å². The molecule has 5 heteroatoms. The van der Waals surface area contributed by atoms with Gasteiger partial charge in [-0.25, -0.2) is 4.98 Å². The second kappa shape index (κ2) is 9.40. The third kappa shape index (κ3) is 5.07. The molecule has 29 heavy (non-hydrogen) atoms. The van der Waals surface area contributed by atoms with Gasteiger partial charge in [0, 0.05) is 30.9 Å². The van der Waals surface area contributed by atoms with Crippen molar-refractivity contribution in [3.8, 4) is 0 Å². The van der Waals surface area contributed by atoms with Gasteiger partial charge in [-0.05, 0) is 70.0 Å².